The van der Waals surface area contributed by atoms with Gasteiger partial charge in [-0.15, -0.1) is 0 Å². The lowest BCUT2D eigenvalue weighted by Crippen LogP contribution is -2.51. The Bertz CT molecular complexity index is 1130. The van der Waals surface area contributed by atoms with Gasteiger partial charge in [0.1, 0.15) is 11.6 Å². The molecule has 0 bridgehead atoms. The third-order valence-electron chi connectivity index (χ3n) is 11.4. The van der Waals surface area contributed by atoms with Crippen LogP contribution in [0, 0.1) is 45.8 Å². The summed E-state index contributed by atoms with van der Waals surface area (Å²) in [6, 6.07) is -0.686. The molecule has 1 unspecified atom stereocenters. The Morgan fingerprint density at radius 2 is 1.50 bits per heavy atom. The number of hydrogen-bond acceptors (Lipinski definition) is 6. The second kappa shape index (κ2) is 13.9. The van der Waals surface area contributed by atoms with Crippen LogP contribution in [0.4, 0.5) is 0 Å². The van der Waals surface area contributed by atoms with E-state index in [-0.39, 0.29) is 65.2 Å². The number of nitrogens with zero attached hydrogens (tertiary/aromatic N) is 1. The van der Waals surface area contributed by atoms with Crippen molar-refractivity contribution in [2.24, 2.45) is 51.6 Å². The van der Waals surface area contributed by atoms with Crippen molar-refractivity contribution < 1.29 is 28.8 Å². The molecule has 1 aliphatic carbocycles. The summed E-state index contributed by atoms with van der Waals surface area (Å²) >= 11 is 0. The number of nitrogens with two attached hydrogens (primary N) is 1. The summed E-state index contributed by atoms with van der Waals surface area (Å²) in [5, 5.41) is 0. The van der Waals surface area contributed by atoms with E-state index in [1.54, 1.807) is 4.90 Å². The Balaban J connectivity index is 1.97. The zero-order valence-electron chi connectivity index (χ0n) is 28.6. The number of rotatable bonds is 7. The number of hydrogen-bond donors (Lipinski definition) is 1. The molecule has 6 atom stereocenters. The zero-order valence-corrected chi connectivity index (χ0v) is 28.6. The Hall–Kier alpha value is -2.38. The zero-order chi connectivity index (χ0) is 33.2. The van der Waals surface area contributed by atoms with E-state index < -0.39 is 40.9 Å². The SMILES string of the molecule is CC(=O)[C@@H](CC(=O)C[C@@H]1C(=O)N2CC3[C@@H]([C@H]2C(=O)C[C@H](C(=O)C(N)=O)CCCCCCCCCC1(C)C)C3(C)C)C(C)(C)C. The number of carbonyl (C=O) groups excluding carboxylic acids is 6. The second-order valence-electron chi connectivity index (χ2n) is 16.5. The summed E-state index contributed by atoms with van der Waals surface area (Å²) in [6.45, 7) is 16.2. The van der Waals surface area contributed by atoms with Crippen molar-refractivity contribution >= 4 is 34.9 Å². The molecule has 2 saturated heterocycles. The molecule has 3 rings (SSSR count). The van der Waals surface area contributed by atoms with Crippen LogP contribution in [0.5, 0.6) is 0 Å². The molecule has 1 saturated carbocycles. The van der Waals surface area contributed by atoms with E-state index in [9.17, 15) is 28.8 Å². The highest BCUT2D eigenvalue weighted by molar-refractivity contribution is 6.36. The smallest absolute Gasteiger partial charge is 0.285 e. The van der Waals surface area contributed by atoms with Gasteiger partial charge in [0.05, 0.1) is 12.0 Å². The Labute approximate surface area is 265 Å². The summed E-state index contributed by atoms with van der Waals surface area (Å²) < 4.78 is 0. The van der Waals surface area contributed by atoms with Crippen molar-refractivity contribution in [3.63, 3.8) is 0 Å². The van der Waals surface area contributed by atoms with E-state index in [0.29, 0.717) is 13.0 Å². The van der Waals surface area contributed by atoms with Crippen molar-refractivity contribution in [2.45, 2.75) is 138 Å². The molecule has 3 aliphatic rings. The highest BCUT2D eigenvalue weighted by Gasteiger charge is 2.69. The van der Waals surface area contributed by atoms with Crippen LogP contribution in [-0.2, 0) is 28.8 Å². The summed E-state index contributed by atoms with van der Waals surface area (Å²) in [5.74, 6) is -3.91. The molecule has 0 radical (unpaired) electrons. The van der Waals surface area contributed by atoms with Crippen LogP contribution >= 0.6 is 0 Å². The third-order valence-corrected chi connectivity index (χ3v) is 11.4. The average Bonchev–Trinajstić information content (AvgIpc) is 3.22. The number of piperidine rings is 1. The number of ketones is 4. The molecule has 44 heavy (non-hydrogen) atoms. The maximum Gasteiger partial charge on any atom is 0.285 e. The number of primary amides is 1. The first kappa shape index (κ1) is 36.1. The Kier molecular flexibility index (Phi) is 11.4. The molecule has 2 heterocycles. The van der Waals surface area contributed by atoms with Gasteiger partial charge >= 0.3 is 0 Å². The van der Waals surface area contributed by atoms with Crippen molar-refractivity contribution in [1.82, 2.24) is 4.90 Å². The standard InChI is InChI=1S/C36H58N2O6/c1-22(39)25(34(2,3)4)19-24(40)20-26-33(44)38-21-27-29(36(27,7)8)30(38)28(41)18-23(31(42)32(37)43)16-14-12-10-9-11-13-15-17-35(26,5)6/h23,25-27,29-30H,9-21H2,1-8H3,(H2,37,43)/t23-,25-,26-,27?,29+,30-/m1/s1. The fraction of sp³-hybridized carbons (Fsp3) is 0.833. The van der Waals surface area contributed by atoms with Gasteiger partial charge < -0.3 is 10.6 Å². The molecule has 2 amide bonds. The lowest BCUT2D eigenvalue weighted by atomic mass is 9.70. The summed E-state index contributed by atoms with van der Waals surface area (Å²) in [6.07, 6.45) is 8.02. The first-order chi connectivity index (χ1) is 20.3. The lowest BCUT2D eigenvalue weighted by Gasteiger charge is -2.39. The van der Waals surface area contributed by atoms with Crippen LogP contribution in [0.1, 0.15) is 132 Å². The molecule has 248 valence electrons. The first-order valence-corrected chi connectivity index (χ1v) is 17.0. The summed E-state index contributed by atoms with van der Waals surface area (Å²) in [4.78, 5) is 81.2. The predicted octanol–water partition coefficient (Wildman–Crippen LogP) is 5.87. The normalized spacial score (nSPS) is 30.5. The maximum absolute atomic E-state index is 14.6. The number of carbonyl (C=O) groups is 6. The molecule has 0 aromatic rings. The van der Waals surface area contributed by atoms with E-state index in [2.05, 4.69) is 27.7 Å². The molecule has 0 aromatic carbocycles. The third kappa shape index (κ3) is 8.25. The Morgan fingerprint density at radius 1 is 0.932 bits per heavy atom. The summed E-state index contributed by atoms with van der Waals surface area (Å²) in [5.41, 5.74) is 4.42. The van der Waals surface area contributed by atoms with E-state index in [4.69, 9.17) is 5.73 Å². The van der Waals surface area contributed by atoms with Crippen LogP contribution < -0.4 is 5.73 Å². The molecule has 2 aliphatic heterocycles. The molecular formula is C36H58N2O6. The largest absolute Gasteiger partial charge is 0.363 e. The quantitative estimate of drug-likeness (QED) is 0.357. The van der Waals surface area contributed by atoms with Gasteiger partial charge in [0, 0.05) is 37.6 Å². The minimum absolute atomic E-state index is 0.0205. The lowest BCUT2D eigenvalue weighted by molar-refractivity contribution is -0.149. The van der Waals surface area contributed by atoms with Gasteiger partial charge in [-0.1, -0.05) is 93.4 Å². The molecule has 3 fully saturated rings. The predicted molar refractivity (Wildman–Crippen MR) is 170 cm³/mol. The van der Waals surface area contributed by atoms with Crippen LogP contribution in [0.3, 0.4) is 0 Å². The van der Waals surface area contributed by atoms with Gasteiger partial charge in [-0.25, -0.2) is 0 Å². The van der Waals surface area contributed by atoms with Gasteiger partial charge in [-0.3, -0.25) is 28.8 Å². The van der Waals surface area contributed by atoms with Crippen molar-refractivity contribution in [3.05, 3.63) is 0 Å². The van der Waals surface area contributed by atoms with Gasteiger partial charge in [0.15, 0.2) is 5.78 Å². The van der Waals surface area contributed by atoms with E-state index in [0.717, 1.165) is 51.4 Å². The molecular weight excluding hydrogens is 556 g/mol. The minimum atomic E-state index is -1.02. The van der Waals surface area contributed by atoms with E-state index in [1.807, 2.05) is 20.8 Å². The van der Waals surface area contributed by atoms with Gasteiger partial charge in [0.2, 0.25) is 11.7 Å². The topological polar surface area (TPSA) is 132 Å². The molecule has 8 nitrogen and oxygen atoms in total. The molecule has 0 spiro atoms. The highest BCUT2D eigenvalue weighted by Crippen LogP contribution is 2.65. The van der Waals surface area contributed by atoms with E-state index >= 15 is 0 Å². The van der Waals surface area contributed by atoms with Gasteiger partial charge in [0.25, 0.3) is 5.91 Å². The Morgan fingerprint density at radius 3 is 2.05 bits per heavy atom. The van der Waals surface area contributed by atoms with Crippen molar-refractivity contribution in [3.8, 4) is 0 Å². The summed E-state index contributed by atoms with van der Waals surface area (Å²) in [7, 11) is 0. The molecule has 0 aromatic heterocycles. The van der Waals surface area contributed by atoms with E-state index in [1.165, 1.54) is 6.92 Å². The van der Waals surface area contributed by atoms with Crippen molar-refractivity contribution in [2.75, 3.05) is 6.54 Å². The fourth-order valence-electron chi connectivity index (χ4n) is 8.30. The maximum atomic E-state index is 14.6. The second-order valence-corrected chi connectivity index (χ2v) is 16.5. The molecule has 8 heteroatoms. The van der Waals surface area contributed by atoms with Crippen LogP contribution in [0.25, 0.3) is 0 Å². The number of Topliss-reactive ketones (excluding diaryl/α,β-unsaturated/α-hetero) is 4. The van der Waals surface area contributed by atoms with Crippen LogP contribution in [0.15, 0.2) is 0 Å². The minimum Gasteiger partial charge on any atom is -0.363 e. The van der Waals surface area contributed by atoms with Crippen molar-refractivity contribution in [1.29, 1.82) is 0 Å². The number of fused-ring (bicyclic) bond motifs is 3. The van der Waals surface area contributed by atoms with Crippen LogP contribution in [0.2, 0.25) is 0 Å². The monoisotopic (exact) mass is 614 g/mol. The van der Waals surface area contributed by atoms with Gasteiger partial charge in [-0.2, -0.15) is 0 Å². The van der Waals surface area contributed by atoms with Gasteiger partial charge in [-0.05, 0) is 47.8 Å². The number of amides is 2. The van der Waals surface area contributed by atoms with Crippen LogP contribution in [-0.4, -0.2) is 52.4 Å². The highest BCUT2D eigenvalue weighted by atomic mass is 16.2. The average molecular weight is 615 g/mol. The molecule has 2 N–H and O–H groups in total. The fourth-order valence-corrected chi connectivity index (χ4v) is 8.30. The first-order valence-electron chi connectivity index (χ1n) is 17.0.